The third kappa shape index (κ3) is 13.9. The molecule has 0 unspecified atom stereocenters. The topological polar surface area (TPSA) is 350 Å². The van der Waals surface area contributed by atoms with Gasteiger partial charge in [-0.05, 0) is 97.1 Å². The average molecular weight is 1210 g/mol. The highest BCUT2D eigenvalue weighted by atomic mass is 32.2. The number of nitrogens with zero attached hydrogens (tertiary/aromatic N) is 3. The Morgan fingerprint density at radius 3 is 1.99 bits per heavy atom. The zero-order valence-corrected chi connectivity index (χ0v) is 48.5. The van der Waals surface area contributed by atoms with Crippen LogP contribution in [0.1, 0.15) is 77.0 Å². The van der Waals surface area contributed by atoms with Gasteiger partial charge in [-0.25, -0.2) is 34.7 Å². The number of sulfonamides is 2. The molecule has 2 aliphatic heterocycles. The fourth-order valence-electron chi connectivity index (χ4n) is 10.1. The number of carbonyl (C=O) groups is 1. The molecule has 7 rings (SSSR count). The van der Waals surface area contributed by atoms with Crippen molar-refractivity contribution in [3.05, 3.63) is 132 Å². The van der Waals surface area contributed by atoms with Crippen LogP contribution in [0.3, 0.4) is 0 Å². The maximum absolute atomic E-state index is 14.3. The van der Waals surface area contributed by atoms with E-state index in [-0.39, 0.29) is 65.4 Å². The van der Waals surface area contributed by atoms with Crippen LogP contribution in [0.2, 0.25) is 0 Å². The number of anilines is 1. The van der Waals surface area contributed by atoms with E-state index in [0.717, 1.165) is 23.0 Å². The molecule has 5 N–H and O–H groups in total. The summed E-state index contributed by atoms with van der Waals surface area (Å²) < 4.78 is 185. The monoisotopic (exact) mass is 1210 g/mol. The van der Waals surface area contributed by atoms with Gasteiger partial charge in [-0.15, -0.1) is 12.6 Å². The summed E-state index contributed by atoms with van der Waals surface area (Å²) in [6.07, 6.45) is 10.0. The number of nitrogens with two attached hydrogens (primary N) is 1. The first kappa shape index (κ1) is 62.2. The molecule has 0 saturated heterocycles. The lowest BCUT2D eigenvalue weighted by Crippen LogP contribution is -2.30. The van der Waals surface area contributed by atoms with E-state index in [4.69, 9.17) is 17.8 Å². The van der Waals surface area contributed by atoms with Gasteiger partial charge in [0.05, 0.1) is 30.2 Å². The minimum atomic E-state index is -4.93. The van der Waals surface area contributed by atoms with E-state index in [1.54, 1.807) is 42.5 Å². The number of carbonyl (C=O) groups excluding carboxylic acids is 1. The minimum Gasteiger partial charge on any atom is -0.748 e. The molecule has 0 aromatic heterocycles. The van der Waals surface area contributed by atoms with Crippen molar-refractivity contribution in [2.24, 2.45) is 5.14 Å². The Labute approximate surface area is 461 Å². The molecule has 0 spiro atoms. The Hall–Kier alpha value is -6.05. The van der Waals surface area contributed by atoms with Crippen LogP contribution >= 0.6 is 0 Å². The molecule has 0 aliphatic carbocycles. The SMILES string of the molecule is CCC[N+]1=C(C=CC=CC=C2N(CCCS(=O)(=O)[O-])c3ccc4c(S(=O)(=O)N(C)CCCC(=O)NCc5ccc(S(N)(=O)=O)cc5)cccc4c3C2(C)C)C(C)(C)c2c1ccc1c(S(=O)(=O)O)cc(S(=O)(=O)O)cc21.O=S(=O)=O. The molecule has 0 atom stereocenters. The van der Waals surface area contributed by atoms with Crippen molar-refractivity contribution in [1.29, 1.82) is 0 Å². The van der Waals surface area contributed by atoms with Crippen LogP contribution in [0.4, 0.5) is 11.4 Å². The molecule has 28 heteroatoms. The number of amides is 1. The fourth-order valence-corrected chi connectivity index (χ4v) is 13.9. The van der Waals surface area contributed by atoms with Gasteiger partial charge in [0.2, 0.25) is 31.6 Å². The average Bonchev–Trinajstić information content (AvgIpc) is 3.96. The number of nitrogens with one attached hydrogen (secondary N) is 1. The number of fused-ring (bicyclic) bond motifs is 6. The predicted octanol–water partition coefficient (Wildman–Crippen LogP) is 5.36. The summed E-state index contributed by atoms with van der Waals surface area (Å²) >= 11 is 0. The first-order valence-corrected chi connectivity index (χ1v) is 32.6. The van der Waals surface area contributed by atoms with Crippen LogP contribution in [0, 0.1) is 0 Å². The van der Waals surface area contributed by atoms with Gasteiger partial charge in [0, 0.05) is 90.6 Å². The van der Waals surface area contributed by atoms with Gasteiger partial charge in [-0.2, -0.15) is 21.4 Å². The van der Waals surface area contributed by atoms with Gasteiger partial charge >= 0.3 is 10.6 Å². The van der Waals surface area contributed by atoms with E-state index < -0.39 is 87.4 Å². The van der Waals surface area contributed by atoms with Crippen LogP contribution in [0.15, 0.2) is 135 Å². The summed E-state index contributed by atoms with van der Waals surface area (Å²) in [7, 11) is -24.0. The standard InChI is InChI=1S/C51H59N5O14S5.O3S/c1-7-27-55-42-26-24-38-40(31-36(74(65,66)67)32-44(38)75(68,69)70)49(42)51(4,5)45(55)16-9-8-10-17-46-50(2,3)48-39-14-11-15-43(37(39)23-25-41(48)56(46)29-13-30-71(58,59)60)73(63,64)54(6)28-12-18-47(57)53-33-34-19-21-35(22-20-34)72(52,61)62;1-4(2)3/h8-11,14-17,19-26,31-32H,7,12-13,18,27-30,33H2,1-6H3,(H5-,52,53,57,58,59,60,61,62,65,66,67,68,69,70);. The molecule has 79 heavy (non-hydrogen) atoms. The van der Waals surface area contributed by atoms with Crippen molar-refractivity contribution < 1.29 is 77.7 Å². The van der Waals surface area contributed by atoms with Crippen molar-refractivity contribution in [3.8, 4) is 0 Å². The Morgan fingerprint density at radius 1 is 0.759 bits per heavy atom. The van der Waals surface area contributed by atoms with Gasteiger partial charge < -0.3 is 14.8 Å². The van der Waals surface area contributed by atoms with Crippen molar-refractivity contribution in [2.75, 3.05) is 37.3 Å². The van der Waals surface area contributed by atoms with Gasteiger partial charge in [0.25, 0.3) is 20.2 Å². The number of allylic oxidation sites excluding steroid dienone is 6. The first-order valence-electron chi connectivity index (χ1n) is 24.2. The van der Waals surface area contributed by atoms with E-state index in [2.05, 4.69) is 5.32 Å². The second-order valence-electron chi connectivity index (χ2n) is 19.7. The lowest BCUT2D eigenvalue weighted by molar-refractivity contribution is -0.437. The normalized spacial score (nSPS) is 16.0. The molecule has 426 valence electrons. The van der Waals surface area contributed by atoms with Crippen molar-refractivity contribution >= 4 is 106 Å². The Kier molecular flexibility index (Phi) is 18.5. The van der Waals surface area contributed by atoms with Crippen LogP contribution in [-0.4, -0.2) is 121 Å². The maximum atomic E-state index is 14.3. The summed E-state index contributed by atoms with van der Waals surface area (Å²) in [5, 5.41) is 9.26. The molecule has 0 saturated carbocycles. The molecule has 5 aromatic rings. The fraction of sp³-hybridized carbons (Fsp3) is 0.333. The highest BCUT2D eigenvalue weighted by molar-refractivity contribution is 7.89. The summed E-state index contributed by atoms with van der Waals surface area (Å²) in [5.74, 6) is -0.940. The molecular weight excluding hydrogens is 1150 g/mol. The summed E-state index contributed by atoms with van der Waals surface area (Å²) in [6, 6.07) is 19.3. The van der Waals surface area contributed by atoms with Gasteiger partial charge in [0.15, 0.2) is 5.71 Å². The quantitative estimate of drug-likeness (QED) is 0.0433. The zero-order valence-electron chi connectivity index (χ0n) is 43.6. The molecular formula is C51H59N5O17S6. The van der Waals surface area contributed by atoms with Gasteiger partial charge in [-0.1, -0.05) is 69.3 Å². The molecule has 5 aromatic carbocycles. The van der Waals surface area contributed by atoms with Crippen molar-refractivity contribution in [1.82, 2.24) is 9.62 Å². The third-order valence-electron chi connectivity index (χ3n) is 13.6. The van der Waals surface area contributed by atoms with E-state index in [0.29, 0.717) is 46.2 Å². The maximum Gasteiger partial charge on any atom is 0.425 e. The van der Waals surface area contributed by atoms with Crippen LogP contribution in [0.5, 0.6) is 0 Å². The van der Waals surface area contributed by atoms with Crippen LogP contribution in [-0.2, 0) is 83.2 Å². The molecule has 0 radical (unpaired) electrons. The van der Waals surface area contributed by atoms with E-state index >= 15 is 0 Å². The summed E-state index contributed by atoms with van der Waals surface area (Å²) in [4.78, 5) is 13.2. The Balaban J connectivity index is 0.00000243. The minimum absolute atomic E-state index is 0.000734. The predicted molar refractivity (Wildman–Crippen MR) is 295 cm³/mol. The first-order chi connectivity index (χ1) is 36.5. The highest BCUT2D eigenvalue weighted by Crippen LogP contribution is 2.52. The van der Waals surface area contributed by atoms with Crippen molar-refractivity contribution in [3.63, 3.8) is 0 Å². The van der Waals surface area contributed by atoms with Gasteiger partial charge in [-0.3, -0.25) is 13.9 Å². The molecule has 22 nitrogen and oxygen atoms in total. The van der Waals surface area contributed by atoms with E-state index in [1.807, 2.05) is 62.3 Å². The van der Waals surface area contributed by atoms with Gasteiger partial charge in [0.1, 0.15) is 11.4 Å². The molecule has 0 fully saturated rings. The van der Waals surface area contributed by atoms with E-state index in [1.165, 1.54) is 53.8 Å². The Morgan fingerprint density at radius 2 is 1.39 bits per heavy atom. The smallest absolute Gasteiger partial charge is 0.425 e. The Bertz CT molecular complexity index is 4100. The lowest BCUT2D eigenvalue weighted by Gasteiger charge is -2.27. The molecule has 2 heterocycles. The number of benzene rings is 5. The summed E-state index contributed by atoms with van der Waals surface area (Å²) in [6.45, 7) is 10.5. The molecule has 0 bridgehead atoms. The third-order valence-corrected chi connectivity index (χ3v) is 18.9. The van der Waals surface area contributed by atoms with E-state index in [9.17, 15) is 60.5 Å². The molecule has 2 aliphatic rings. The number of rotatable bonds is 20. The second kappa shape index (κ2) is 23.6. The largest absolute Gasteiger partial charge is 0.748 e. The zero-order chi connectivity index (χ0) is 58.8. The number of hydrogen-bond acceptors (Lipinski definition) is 16. The van der Waals surface area contributed by atoms with Crippen LogP contribution < -0.4 is 15.4 Å². The number of primary sulfonamides is 1. The summed E-state index contributed by atoms with van der Waals surface area (Å²) in [5.41, 5.74) is 3.20. The van der Waals surface area contributed by atoms with Crippen LogP contribution in [0.25, 0.3) is 21.5 Å². The number of hydrogen-bond donors (Lipinski definition) is 4. The highest BCUT2D eigenvalue weighted by Gasteiger charge is 2.46. The lowest BCUT2D eigenvalue weighted by atomic mass is 9.79. The molecule has 1 amide bonds. The van der Waals surface area contributed by atoms with Crippen molar-refractivity contribution in [2.45, 2.75) is 97.3 Å². The second-order valence-corrected chi connectivity index (χ2v) is 28.0.